The fraction of sp³-hybridized carbons (Fsp3) is 0.346. The average Bonchev–Trinajstić information content (AvgIpc) is 3.22. The third-order valence-corrected chi connectivity index (χ3v) is 9.06. The van der Waals surface area contributed by atoms with E-state index in [1.165, 1.54) is 16.7 Å². The lowest BCUT2D eigenvalue weighted by Crippen LogP contribution is -2.56. The highest BCUT2D eigenvalue weighted by Crippen LogP contribution is 2.52. The molecule has 0 saturated heterocycles. The van der Waals surface area contributed by atoms with Gasteiger partial charge in [-0.15, -0.1) is 0 Å². The first-order chi connectivity index (χ1) is 15.9. The number of imidazole rings is 1. The van der Waals surface area contributed by atoms with E-state index in [2.05, 4.69) is 101 Å². The van der Waals surface area contributed by atoms with Crippen LogP contribution in [-0.2, 0) is 9.96 Å². The highest BCUT2D eigenvalue weighted by molar-refractivity contribution is 6.80. The van der Waals surface area contributed by atoms with Crippen LogP contribution in [0, 0.1) is 11.3 Å². The van der Waals surface area contributed by atoms with E-state index < -0.39 is 9.04 Å². The summed E-state index contributed by atoms with van der Waals surface area (Å²) >= 11 is 0. The molecule has 0 atom stereocenters. The van der Waals surface area contributed by atoms with E-state index in [1.807, 2.05) is 6.33 Å². The van der Waals surface area contributed by atoms with Crippen LogP contribution in [0.1, 0.15) is 33.6 Å². The highest BCUT2D eigenvalue weighted by Gasteiger charge is 2.51. The van der Waals surface area contributed by atoms with Crippen molar-refractivity contribution in [2.24, 2.45) is 11.3 Å². The van der Waals surface area contributed by atoms with E-state index in [1.54, 1.807) is 0 Å². The second-order valence-corrected chi connectivity index (χ2v) is 12.2. The Hall–Kier alpha value is -3.03. The van der Waals surface area contributed by atoms with Gasteiger partial charge in [-0.1, -0.05) is 81.4 Å². The summed E-state index contributed by atoms with van der Waals surface area (Å²) in [5.74, 6) is 1.02. The predicted molar refractivity (Wildman–Crippen MR) is 134 cm³/mol. The molecule has 2 aromatic carbocycles. The largest absolute Gasteiger partial charge is 0.405 e. The number of benzene rings is 2. The van der Waals surface area contributed by atoms with Crippen LogP contribution in [0.5, 0.6) is 0 Å². The molecular formula is C26H30N5OSi. The number of nitrogens with zero attached hydrogens (tertiary/aromatic N) is 4. The van der Waals surface area contributed by atoms with Gasteiger partial charge in [0.15, 0.2) is 11.5 Å². The molecule has 0 unspecified atom stereocenters. The van der Waals surface area contributed by atoms with Gasteiger partial charge in [0.25, 0.3) is 9.04 Å². The number of rotatable bonds is 6. The summed E-state index contributed by atoms with van der Waals surface area (Å²) in [5.41, 5.74) is 7.57. The van der Waals surface area contributed by atoms with Crippen molar-refractivity contribution >= 4 is 36.4 Å². The molecule has 2 aromatic heterocycles. The van der Waals surface area contributed by atoms with Gasteiger partial charge in [-0.25, -0.2) is 15.0 Å². The number of nitrogens with two attached hydrogens (primary N) is 1. The summed E-state index contributed by atoms with van der Waals surface area (Å²) in [6, 6.07) is 21.2. The lowest BCUT2D eigenvalue weighted by Gasteiger charge is -2.53. The van der Waals surface area contributed by atoms with E-state index in [0.29, 0.717) is 23.9 Å². The van der Waals surface area contributed by atoms with E-state index in [-0.39, 0.29) is 11.0 Å². The van der Waals surface area contributed by atoms with Crippen molar-refractivity contribution in [1.82, 2.24) is 19.5 Å². The molecule has 0 spiro atoms. The van der Waals surface area contributed by atoms with Gasteiger partial charge in [0.2, 0.25) is 0 Å². The van der Waals surface area contributed by atoms with Gasteiger partial charge in [0, 0.05) is 0 Å². The smallest absolute Gasteiger partial charge is 0.283 e. The predicted octanol–water partition coefficient (Wildman–Crippen LogP) is 3.38. The van der Waals surface area contributed by atoms with Crippen LogP contribution in [0.2, 0.25) is 0 Å². The van der Waals surface area contributed by atoms with E-state index in [9.17, 15) is 0 Å². The molecule has 1 radical (unpaired) electrons. The van der Waals surface area contributed by atoms with Crippen molar-refractivity contribution in [1.29, 1.82) is 0 Å². The topological polar surface area (TPSA) is 78.9 Å². The normalized spacial score (nSPS) is 20.8. The minimum atomic E-state index is -1.40. The van der Waals surface area contributed by atoms with Gasteiger partial charge in [0.1, 0.15) is 11.8 Å². The number of aromatic nitrogens is 4. The summed E-state index contributed by atoms with van der Waals surface area (Å²) in [6.45, 7) is 7.56. The molecule has 2 N–H and O–H groups in total. The molecular weight excluding hydrogens is 426 g/mol. The zero-order valence-electron chi connectivity index (χ0n) is 19.4. The average molecular weight is 457 g/mol. The number of hydrogen-bond acceptors (Lipinski definition) is 5. The summed E-state index contributed by atoms with van der Waals surface area (Å²) in [5, 5.41) is 2.50. The third-order valence-electron chi connectivity index (χ3n) is 6.91. The molecule has 2 heterocycles. The van der Waals surface area contributed by atoms with E-state index in [4.69, 9.17) is 10.2 Å². The molecule has 0 amide bonds. The highest BCUT2D eigenvalue weighted by atomic mass is 28.3. The number of nitrogen functional groups attached to an aromatic ring is 1. The van der Waals surface area contributed by atoms with Crippen LogP contribution < -0.4 is 16.1 Å². The maximum absolute atomic E-state index is 6.86. The molecule has 4 aromatic rings. The molecule has 0 bridgehead atoms. The van der Waals surface area contributed by atoms with Crippen LogP contribution in [0.4, 0.5) is 5.82 Å². The first kappa shape index (κ1) is 21.8. The summed E-state index contributed by atoms with van der Waals surface area (Å²) < 4.78 is 9.06. The Morgan fingerprint density at radius 2 is 1.58 bits per heavy atom. The molecule has 5 rings (SSSR count). The Morgan fingerprint density at radius 3 is 2.15 bits per heavy atom. The maximum Gasteiger partial charge on any atom is 0.283 e. The molecule has 1 saturated carbocycles. The first-order valence-corrected chi connectivity index (χ1v) is 12.8. The summed E-state index contributed by atoms with van der Waals surface area (Å²) in [4.78, 5) is 13.2. The molecule has 169 valence electrons. The Morgan fingerprint density at radius 1 is 0.970 bits per heavy atom. The van der Waals surface area contributed by atoms with Crippen molar-refractivity contribution in [3.05, 3.63) is 73.3 Å². The SMILES string of the molecule is CC(C)(C)C1CC(CO[Si](c2ccccc2)c2ccccc2)(n2cnc3c(N)ncnc32)C1. The molecule has 7 heteroatoms. The maximum atomic E-state index is 6.86. The second-order valence-electron chi connectivity index (χ2n) is 10.1. The van der Waals surface area contributed by atoms with Crippen molar-refractivity contribution < 1.29 is 4.43 Å². The fourth-order valence-electron chi connectivity index (χ4n) is 4.77. The molecule has 1 aliphatic rings. The van der Waals surface area contributed by atoms with Crippen molar-refractivity contribution in [2.75, 3.05) is 12.3 Å². The molecule has 1 fully saturated rings. The summed E-state index contributed by atoms with van der Waals surface area (Å²) in [6.07, 6.45) is 5.43. The van der Waals surface area contributed by atoms with Crippen LogP contribution in [-0.4, -0.2) is 35.2 Å². The van der Waals surface area contributed by atoms with Crippen molar-refractivity contribution in [3.63, 3.8) is 0 Å². The Bertz CT molecular complexity index is 1190. The molecule has 1 aliphatic carbocycles. The van der Waals surface area contributed by atoms with Gasteiger partial charge in [-0.3, -0.25) is 0 Å². The fourth-order valence-corrected chi connectivity index (χ4v) is 6.84. The minimum absolute atomic E-state index is 0.201. The van der Waals surface area contributed by atoms with Crippen LogP contribution >= 0.6 is 0 Å². The third kappa shape index (κ3) is 4.07. The number of hydrogen-bond donors (Lipinski definition) is 1. The van der Waals surface area contributed by atoms with Crippen LogP contribution in [0.25, 0.3) is 11.2 Å². The Balaban J connectivity index is 1.51. The number of anilines is 1. The minimum Gasteiger partial charge on any atom is -0.405 e. The zero-order chi connectivity index (χ0) is 23.1. The molecule has 6 nitrogen and oxygen atoms in total. The second kappa shape index (κ2) is 8.39. The van der Waals surface area contributed by atoms with E-state index >= 15 is 0 Å². The standard InChI is InChI=1S/C26H30N5OSi/c1-25(2,3)19-14-26(15-19,31-18-30-22-23(27)28-17-29-24(22)31)16-32-33(20-10-6-4-7-11-20)21-12-8-5-9-13-21/h4-13,17-19H,14-16H2,1-3H3,(H2,27,28,29). The Kier molecular flexibility index (Phi) is 5.54. The van der Waals surface area contributed by atoms with Gasteiger partial charge < -0.3 is 14.7 Å². The first-order valence-electron chi connectivity index (χ1n) is 11.4. The van der Waals surface area contributed by atoms with Gasteiger partial charge in [-0.05, 0) is 34.5 Å². The monoisotopic (exact) mass is 456 g/mol. The quantitative estimate of drug-likeness (QED) is 0.450. The van der Waals surface area contributed by atoms with Gasteiger partial charge in [0.05, 0.1) is 18.5 Å². The van der Waals surface area contributed by atoms with Gasteiger partial charge in [-0.2, -0.15) is 0 Å². The number of fused-ring (bicyclic) bond motifs is 1. The van der Waals surface area contributed by atoms with E-state index in [0.717, 1.165) is 18.5 Å². The molecule has 0 aliphatic heterocycles. The molecule has 33 heavy (non-hydrogen) atoms. The van der Waals surface area contributed by atoms with Crippen LogP contribution in [0.3, 0.4) is 0 Å². The Labute approximate surface area is 196 Å². The zero-order valence-corrected chi connectivity index (χ0v) is 20.4. The summed E-state index contributed by atoms with van der Waals surface area (Å²) in [7, 11) is -1.40. The van der Waals surface area contributed by atoms with Gasteiger partial charge >= 0.3 is 0 Å². The lowest BCUT2D eigenvalue weighted by molar-refractivity contribution is -0.0311. The van der Waals surface area contributed by atoms with Crippen molar-refractivity contribution in [2.45, 2.75) is 39.2 Å². The van der Waals surface area contributed by atoms with Crippen LogP contribution in [0.15, 0.2) is 73.3 Å². The van der Waals surface area contributed by atoms with Crippen molar-refractivity contribution in [3.8, 4) is 0 Å². The lowest BCUT2D eigenvalue weighted by atomic mass is 9.59.